The minimum atomic E-state index is -0.0350. The SMILES string of the molecule is CSc1ccccc1NC(=O)C[NH+](C)Cc1c(Cl)cccc1Cl. The molecule has 0 aliphatic rings. The molecular formula is C17H19Cl2N2OS+. The third kappa shape index (κ3) is 5.15. The summed E-state index contributed by atoms with van der Waals surface area (Å²) in [5, 5.41) is 4.22. The number of quaternary nitrogens is 1. The van der Waals surface area contributed by atoms with Crippen LogP contribution in [0.25, 0.3) is 0 Å². The van der Waals surface area contributed by atoms with Gasteiger partial charge >= 0.3 is 0 Å². The molecule has 3 nitrogen and oxygen atoms in total. The monoisotopic (exact) mass is 369 g/mol. The second kappa shape index (κ2) is 8.60. The van der Waals surface area contributed by atoms with Crippen LogP contribution in [0.4, 0.5) is 5.69 Å². The molecule has 1 unspecified atom stereocenters. The normalized spacial score (nSPS) is 12.0. The van der Waals surface area contributed by atoms with Crippen LogP contribution in [-0.2, 0) is 11.3 Å². The van der Waals surface area contributed by atoms with Crippen molar-refractivity contribution in [1.82, 2.24) is 0 Å². The fraction of sp³-hybridized carbons (Fsp3) is 0.235. The van der Waals surface area contributed by atoms with Crippen molar-refractivity contribution < 1.29 is 9.69 Å². The van der Waals surface area contributed by atoms with Crippen LogP contribution in [0.1, 0.15) is 5.56 Å². The summed E-state index contributed by atoms with van der Waals surface area (Å²) in [4.78, 5) is 14.3. The van der Waals surface area contributed by atoms with E-state index < -0.39 is 0 Å². The smallest absolute Gasteiger partial charge is 0.279 e. The van der Waals surface area contributed by atoms with Gasteiger partial charge in [-0.25, -0.2) is 0 Å². The molecular weight excluding hydrogens is 351 g/mol. The van der Waals surface area contributed by atoms with Gasteiger partial charge in [0.25, 0.3) is 5.91 Å². The standard InChI is InChI=1S/C17H18Cl2N2OS/c1-21(10-12-13(18)6-5-7-14(12)19)11-17(22)20-15-8-3-4-9-16(15)23-2/h3-9H,10-11H2,1-2H3,(H,20,22)/p+1. The lowest BCUT2D eigenvalue weighted by atomic mass is 10.2. The maximum Gasteiger partial charge on any atom is 0.279 e. The Bertz CT molecular complexity index is 674. The summed E-state index contributed by atoms with van der Waals surface area (Å²) in [5.41, 5.74) is 1.71. The Kier molecular flexibility index (Phi) is 6.78. The first kappa shape index (κ1) is 18.1. The molecule has 2 aromatic rings. The topological polar surface area (TPSA) is 33.5 Å². The van der Waals surface area contributed by atoms with E-state index >= 15 is 0 Å². The number of hydrogen-bond donors (Lipinski definition) is 2. The summed E-state index contributed by atoms with van der Waals surface area (Å²) >= 11 is 14.0. The molecule has 0 aliphatic heterocycles. The van der Waals surface area contributed by atoms with E-state index in [0.717, 1.165) is 21.0 Å². The van der Waals surface area contributed by atoms with Crippen molar-refractivity contribution in [1.29, 1.82) is 0 Å². The molecule has 0 saturated carbocycles. The van der Waals surface area contributed by atoms with Crippen molar-refractivity contribution in [3.63, 3.8) is 0 Å². The molecule has 0 spiro atoms. The van der Waals surface area contributed by atoms with Gasteiger partial charge in [0.1, 0.15) is 6.54 Å². The van der Waals surface area contributed by atoms with Crippen LogP contribution in [0, 0.1) is 0 Å². The van der Waals surface area contributed by atoms with Crippen LogP contribution >= 0.6 is 35.0 Å². The van der Waals surface area contributed by atoms with E-state index in [-0.39, 0.29) is 5.91 Å². The minimum absolute atomic E-state index is 0.0350. The van der Waals surface area contributed by atoms with Crippen molar-refractivity contribution in [2.75, 3.05) is 25.2 Å². The summed E-state index contributed by atoms with van der Waals surface area (Å²) in [5.74, 6) is -0.0350. The summed E-state index contributed by atoms with van der Waals surface area (Å²) in [6.07, 6.45) is 1.99. The lowest BCUT2D eigenvalue weighted by Crippen LogP contribution is -3.08. The highest BCUT2D eigenvalue weighted by Crippen LogP contribution is 2.24. The van der Waals surface area contributed by atoms with Gasteiger partial charge in [-0.1, -0.05) is 41.4 Å². The zero-order chi connectivity index (χ0) is 16.8. The second-order valence-electron chi connectivity index (χ2n) is 5.26. The molecule has 0 radical (unpaired) electrons. The molecule has 2 aromatic carbocycles. The molecule has 0 saturated heterocycles. The number of rotatable bonds is 6. The summed E-state index contributed by atoms with van der Waals surface area (Å²) < 4.78 is 0. The Labute approximate surface area is 151 Å². The van der Waals surface area contributed by atoms with Gasteiger partial charge in [-0.3, -0.25) is 4.79 Å². The van der Waals surface area contributed by atoms with Gasteiger partial charge in [-0.2, -0.15) is 0 Å². The van der Waals surface area contributed by atoms with Gasteiger partial charge in [-0.05, 0) is 30.5 Å². The average molecular weight is 370 g/mol. The molecule has 0 heterocycles. The molecule has 6 heteroatoms. The van der Waals surface area contributed by atoms with E-state index in [0.29, 0.717) is 23.1 Å². The van der Waals surface area contributed by atoms with Gasteiger partial charge in [0, 0.05) is 10.5 Å². The van der Waals surface area contributed by atoms with E-state index in [1.165, 1.54) is 0 Å². The minimum Gasteiger partial charge on any atom is -0.326 e. The van der Waals surface area contributed by atoms with Crippen LogP contribution in [0.5, 0.6) is 0 Å². The maximum atomic E-state index is 12.2. The number of halogens is 2. The Morgan fingerprint density at radius 2 is 1.78 bits per heavy atom. The maximum absolute atomic E-state index is 12.2. The average Bonchev–Trinajstić information content (AvgIpc) is 2.51. The van der Waals surface area contributed by atoms with Crippen LogP contribution in [0.15, 0.2) is 47.4 Å². The van der Waals surface area contributed by atoms with E-state index in [1.807, 2.05) is 55.8 Å². The number of nitrogens with one attached hydrogen (secondary N) is 2. The zero-order valence-corrected chi connectivity index (χ0v) is 15.4. The fourth-order valence-electron chi connectivity index (χ4n) is 2.28. The fourth-order valence-corrected chi connectivity index (χ4v) is 3.37. The van der Waals surface area contributed by atoms with E-state index in [4.69, 9.17) is 23.2 Å². The van der Waals surface area contributed by atoms with Crippen LogP contribution < -0.4 is 10.2 Å². The third-order valence-corrected chi connectivity index (χ3v) is 4.89. The number of carbonyl (C=O) groups excluding carboxylic acids is 1. The third-order valence-electron chi connectivity index (χ3n) is 3.38. The highest BCUT2D eigenvalue weighted by Gasteiger charge is 2.15. The predicted molar refractivity (Wildman–Crippen MR) is 98.8 cm³/mol. The lowest BCUT2D eigenvalue weighted by molar-refractivity contribution is -0.885. The Balaban J connectivity index is 1.97. The Hall–Kier alpha value is -1.20. The van der Waals surface area contributed by atoms with Crippen molar-refractivity contribution >= 4 is 46.6 Å². The van der Waals surface area contributed by atoms with Gasteiger partial charge in [-0.15, -0.1) is 11.8 Å². The van der Waals surface area contributed by atoms with Crippen molar-refractivity contribution in [2.24, 2.45) is 0 Å². The van der Waals surface area contributed by atoms with Gasteiger partial charge in [0.15, 0.2) is 6.54 Å². The number of amides is 1. The second-order valence-corrected chi connectivity index (χ2v) is 6.92. The number of thioether (sulfide) groups is 1. The molecule has 1 amide bonds. The molecule has 0 bridgehead atoms. The molecule has 0 fully saturated rings. The quantitative estimate of drug-likeness (QED) is 0.765. The first-order valence-corrected chi connectivity index (χ1v) is 9.16. The Morgan fingerprint density at radius 3 is 2.43 bits per heavy atom. The first-order valence-electron chi connectivity index (χ1n) is 7.18. The van der Waals surface area contributed by atoms with Crippen LogP contribution in [-0.4, -0.2) is 25.8 Å². The van der Waals surface area contributed by atoms with Gasteiger partial charge in [0.05, 0.1) is 22.8 Å². The molecule has 1 atom stereocenters. The van der Waals surface area contributed by atoms with Gasteiger partial charge < -0.3 is 10.2 Å². The highest BCUT2D eigenvalue weighted by molar-refractivity contribution is 7.98. The summed E-state index contributed by atoms with van der Waals surface area (Å²) in [6.45, 7) is 0.931. The van der Waals surface area contributed by atoms with E-state index in [2.05, 4.69) is 5.32 Å². The zero-order valence-electron chi connectivity index (χ0n) is 13.0. The number of benzene rings is 2. The molecule has 0 aliphatic carbocycles. The number of hydrogen-bond acceptors (Lipinski definition) is 2. The number of anilines is 1. The van der Waals surface area contributed by atoms with E-state index in [1.54, 1.807) is 11.8 Å². The largest absolute Gasteiger partial charge is 0.326 e. The molecule has 122 valence electrons. The van der Waals surface area contributed by atoms with Crippen molar-refractivity contribution in [3.05, 3.63) is 58.1 Å². The Morgan fingerprint density at radius 1 is 1.13 bits per heavy atom. The predicted octanol–water partition coefficient (Wildman–Crippen LogP) is 3.37. The van der Waals surface area contributed by atoms with E-state index in [9.17, 15) is 4.79 Å². The molecule has 2 N–H and O–H groups in total. The number of para-hydroxylation sites is 1. The summed E-state index contributed by atoms with van der Waals surface area (Å²) in [7, 11) is 1.94. The molecule has 2 rings (SSSR count). The molecule has 0 aromatic heterocycles. The number of carbonyl (C=O) groups is 1. The van der Waals surface area contributed by atoms with Gasteiger partial charge in [0.2, 0.25) is 0 Å². The van der Waals surface area contributed by atoms with Crippen molar-refractivity contribution in [3.8, 4) is 0 Å². The van der Waals surface area contributed by atoms with Crippen molar-refractivity contribution in [2.45, 2.75) is 11.4 Å². The van der Waals surface area contributed by atoms with Crippen LogP contribution in [0.2, 0.25) is 10.0 Å². The highest BCUT2D eigenvalue weighted by atomic mass is 35.5. The first-order chi connectivity index (χ1) is 11.0. The number of likely N-dealkylation sites (N-methyl/N-ethyl adjacent to an activating group) is 1. The van der Waals surface area contributed by atoms with Crippen LogP contribution in [0.3, 0.4) is 0 Å². The molecule has 23 heavy (non-hydrogen) atoms. The summed E-state index contributed by atoms with van der Waals surface area (Å²) in [6, 6.07) is 13.2. The lowest BCUT2D eigenvalue weighted by Gasteiger charge is -2.16.